The zero-order valence-corrected chi connectivity index (χ0v) is 32.6. The molecule has 0 aliphatic heterocycles. The topological polar surface area (TPSA) is 46.8 Å². The van der Waals surface area contributed by atoms with Crippen molar-refractivity contribution in [2.45, 2.75) is 0 Å². The number of anilines is 3. The minimum Gasteiger partial charge on any atom is -0.310 e. The molecule has 5 nitrogen and oxygen atoms in total. The molecular formula is C55H37N5. The number of rotatable bonds is 8. The van der Waals surface area contributed by atoms with Crippen molar-refractivity contribution in [2.75, 3.05) is 4.90 Å². The van der Waals surface area contributed by atoms with Crippen molar-refractivity contribution in [1.29, 1.82) is 0 Å². The van der Waals surface area contributed by atoms with E-state index in [0.29, 0.717) is 17.5 Å². The summed E-state index contributed by atoms with van der Waals surface area (Å²) < 4.78 is 2.35. The standard InChI is InChI=1S/C55H37N5/c1-4-16-40(17-5-1)53-56-54(41-18-6-2-7-19-41)58-55(57-53)44-21-14-24-47(36-44)60-51-26-13-12-25-49(51)50-37-43(30-34-52(50)60)39-27-31-46(32-28-39)59(45-22-8-3-9-23-45)48-33-29-38-15-10-11-20-42(38)35-48/h1-37H. The first-order chi connectivity index (χ1) is 29.7. The third-order valence-corrected chi connectivity index (χ3v) is 11.2. The number of para-hydroxylation sites is 2. The summed E-state index contributed by atoms with van der Waals surface area (Å²) in [7, 11) is 0. The lowest BCUT2D eigenvalue weighted by Crippen LogP contribution is -2.09. The summed E-state index contributed by atoms with van der Waals surface area (Å²) >= 11 is 0. The van der Waals surface area contributed by atoms with Gasteiger partial charge >= 0.3 is 0 Å². The molecular weight excluding hydrogens is 731 g/mol. The summed E-state index contributed by atoms with van der Waals surface area (Å²) in [6.45, 7) is 0. The van der Waals surface area contributed by atoms with Crippen LogP contribution in [0.1, 0.15) is 0 Å². The fraction of sp³-hybridized carbons (Fsp3) is 0. The normalized spacial score (nSPS) is 11.3. The van der Waals surface area contributed by atoms with Crippen LogP contribution in [0.2, 0.25) is 0 Å². The van der Waals surface area contributed by atoms with Gasteiger partial charge in [0.25, 0.3) is 0 Å². The molecule has 5 heteroatoms. The average molecular weight is 768 g/mol. The molecule has 0 atom stereocenters. The third kappa shape index (κ3) is 6.45. The van der Waals surface area contributed by atoms with Crippen molar-refractivity contribution in [3.63, 3.8) is 0 Å². The van der Waals surface area contributed by atoms with E-state index < -0.39 is 0 Å². The molecule has 2 aromatic heterocycles. The van der Waals surface area contributed by atoms with Crippen LogP contribution in [-0.2, 0) is 0 Å². The number of fused-ring (bicyclic) bond motifs is 4. The highest BCUT2D eigenvalue weighted by atomic mass is 15.1. The SMILES string of the molecule is c1ccc(-c2nc(-c3ccccc3)nc(-c3cccc(-n4c5ccccc5c5cc(-c6ccc(N(c7ccccc7)c7ccc8ccccc8c7)cc6)ccc54)c3)n2)cc1. The summed E-state index contributed by atoms with van der Waals surface area (Å²) in [6, 6.07) is 78.9. The van der Waals surface area contributed by atoms with Crippen molar-refractivity contribution < 1.29 is 0 Å². The lowest BCUT2D eigenvalue weighted by molar-refractivity contribution is 1.07. The van der Waals surface area contributed by atoms with E-state index >= 15 is 0 Å². The van der Waals surface area contributed by atoms with Crippen LogP contribution in [0.25, 0.3) is 83.6 Å². The Balaban J connectivity index is 0.981. The molecule has 11 rings (SSSR count). The van der Waals surface area contributed by atoms with Gasteiger partial charge in [-0.15, -0.1) is 0 Å². The van der Waals surface area contributed by atoms with Crippen LogP contribution in [0.4, 0.5) is 17.1 Å². The lowest BCUT2D eigenvalue weighted by atomic mass is 10.0. The maximum atomic E-state index is 5.02. The first kappa shape index (κ1) is 35.0. The molecule has 0 aliphatic carbocycles. The van der Waals surface area contributed by atoms with Crippen LogP contribution in [0, 0.1) is 0 Å². The van der Waals surface area contributed by atoms with E-state index in [1.165, 1.54) is 21.5 Å². The molecule has 0 fully saturated rings. The molecule has 0 unspecified atom stereocenters. The van der Waals surface area contributed by atoms with E-state index in [0.717, 1.165) is 61.6 Å². The molecule has 60 heavy (non-hydrogen) atoms. The highest BCUT2D eigenvalue weighted by Gasteiger charge is 2.18. The molecule has 9 aromatic carbocycles. The van der Waals surface area contributed by atoms with Crippen molar-refractivity contribution in [2.24, 2.45) is 0 Å². The molecule has 0 N–H and O–H groups in total. The second-order valence-electron chi connectivity index (χ2n) is 14.9. The van der Waals surface area contributed by atoms with Gasteiger partial charge in [-0.05, 0) is 88.6 Å². The summed E-state index contributed by atoms with van der Waals surface area (Å²) in [5, 5.41) is 4.83. The Morgan fingerprint density at radius 1 is 0.300 bits per heavy atom. The molecule has 2 heterocycles. The van der Waals surface area contributed by atoms with Gasteiger partial charge in [-0.25, -0.2) is 15.0 Å². The monoisotopic (exact) mass is 767 g/mol. The molecule has 0 bridgehead atoms. The maximum absolute atomic E-state index is 5.02. The van der Waals surface area contributed by atoms with Crippen LogP contribution < -0.4 is 4.90 Å². The van der Waals surface area contributed by atoms with E-state index in [4.69, 9.17) is 15.0 Å². The zero-order chi connectivity index (χ0) is 39.8. The van der Waals surface area contributed by atoms with Gasteiger partial charge in [0.2, 0.25) is 0 Å². The van der Waals surface area contributed by atoms with Gasteiger partial charge in [0, 0.05) is 50.2 Å². The van der Waals surface area contributed by atoms with Gasteiger partial charge in [0.1, 0.15) is 0 Å². The van der Waals surface area contributed by atoms with Crippen molar-refractivity contribution >= 4 is 49.6 Å². The smallest absolute Gasteiger partial charge is 0.164 e. The number of aromatic nitrogens is 4. The van der Waals surface area contributed by atoms with Crippen molar-refractivity contribution in [1.82, 2.24) is 19.5 Å². The van der Waals surface area contributed by atoms with Gasteiger partial charge < -0.3 is 9.47 Å². The van der Waals surface area contributed by atoms with Gasteiger partial charge in [0.05, 0.1) is 11.0 Å². The Morgan fingerprint density at radius 3 is 1.55 bits per heavy atom. The second-order valence-corrected chi connectivity index (χ2v) is 14.9. The van der Waals surface area contributed by atoms with E-state index in [2.05, 4.69) is 173 Å². The van der Waals surface area contributed by atoms with E-state index in [1.807, 2.05) is 60.7 Å². The first-order valence-corrected chi connectivity index (χ1v) is 20.2. The lowest BCUT2D eigenvalue weighted by Gasteiger charge is -2.26. The Hall–Kier alpha value is -8.15. The Labute approximate surface area is 348 Å². The van der Waals surface area contributed by atoms with Gasteiger partial charge in [-0.2, -0.15) is 0 Å². The van der Waals surface area contributed by atoms with Crippen molar-refractivity contribution in [3.8, 4) is 51.0 Å². The van der Waals surface area contributed by atoms with E-state index in [9.17, 15) is 0 Å². The first-order valence-electron chi connectivity index (χ1n) is 20.2. The minimum atomic E-state index is 0.627. The molecule has 0 saturated heterocycles. The average Bonchev–Trinajstić information content (AvgIpc) is 3.66. The summed E-state index contributed by atoms with van der Waals surface area (Å²) in [5.74, 6) is 1.91. The number of benzene rings is 9. The Morgan fingerprint density at radius 2 is 0.833 bits per heavy atom. The maximum Gasteiger partial charge on any atom is 0.164 e. The number of nitrogens with zero attached hydrogens (tertiary/aromatic N) is 5. The Bertz CT molecular complexity index is 3250. The van der Waals surface area contributed by atoms with Gasteiger partial charge in [-0.3, -0.25) is 0 Å². The molecule has 0 aliphatic rings. The number of hydrogen-bond donors (Lipinski definition) is 0. The highest BCUT2D eigenvalue weighted by Crippen LogP contribution is 2.39. The fourth-order valence-corrected chi connectivity index (χ4v) is 8.30. The highest BCUT2D eigenvalue weighted by molar-refractivity contribution is 6.10. The summed E-state index contributed by atoms with van der Waals surface area (Å²) in [4.78, 5) is 17.3. The minimum absolute atomic E-state index is 0.627. The molecule has 0 spiro atoms. The predicted octanol–water partition coefficient (Wildman–Crippen LogP) is 14.3. The summed E-state index contributed by atoms with van der Waals surface area (Å²) in [5.41, 5.74) is 11.8. The second kappa shape index (κ2) is 15.0. The van der Waals surface area contributed by atoms with Crippen LogP contribution >= 0.6 is 0 Å². The molecule has 0 amide bonds. The van der Waals surface area contributed by atoms with Crippen molar-refractivity contribution in [3.05, 3.63) is 224 Å². The van der Waals surface area contributed by atoms with Crippen LogP contribution in [-0.4, -0.2) is 19.5 Å². The van der Waals surface area contributed by atoms with Crippen LogP contribution in [0.15, 0.2) is 224 Å². The molecule has 0 radical (unpaired) electrons. The summed E-state index contributed by atoms with van der Waals surface area (Å²) in [6.07, 6.45) is 0. The molecule has 282 valence electrons. The third-order valence-electron chi connectivity index (χ3n) is 11.2. The largest absolute Gasteiger partial charge is 0.310 e. The van der Waals surface area contributed by atoms with Crippen LogP contribution in [0.5, 0.6) is 0 Å². The quantitative estimate of drug-likeness (QED) is 0.154. The van der Waals surface area contributed by atoms with E-state index in [-0.39, 0.29) is 0 Å². The van der Waals surface area contributed by atoms with Crippen LogP contribution in [0.3, 0.4) is 0 Å². The van der Waals surface area contributed by atoms with Gasteiger partial charge in [0.15, 0.2) is 17.5 Å². The zero-order valence-electron chi connectivity index (χ0n) is 32.6. The number of hydrogen-bond acceptors (Lipinski definition) is 4. The predicted molar refractivity (Wildman–Crippen MR) is 248 cm³/mol. The molecule has 0 saturated carbocycles. The Kier molecular flexibility index (Phi) is 8.75. The van der Waals surface area contributed by atoms with E-state index in [1.54, 1.807) is 0 Å². The molecule has 11 aromatic rings. The fourth-order valence-electron chi connectivity index (χ4n) is 8.30. The van der Waals surface area contributed by atoms with Gasteiger partial charge in [-0.1, -0.05) is 158 Å².